The molecule has 0 aliphatic heterocycles. The fraction of sp³-hybridized carbons (Fsp3) is 0.667. The van der Waals surface area contributed by atoms with E-state index in [-0.39, 0.29) is 5.54 Å². The number of aromatic nitrogens is 2. The molecule has 0 spiro atoms. The van der Waals surface area contributed by atoms with Crippen LogP contribution in [0.2, 0.25) is 0 Å². The van der Waals surface area contributed by atoms with E-state index in [1.165, 1.54) is 25.7 Å². The molecule has 0 atom stereocenters. The van der Waals surface area contributed by atoms with Crippen LogP contribution in [-0.2, 0) is 0 Å². The lowest BCUT2D eigenvalue weighted by Gasteiger charge is -2.27. The molecule has 16 heavy (non-hydrogen) atoms. The molecule has 88 valence electrons. The van der Waals surface area contributed by atoms with Crippen LogP contribution in [0.3, 0.4) is 0 Å². The van der Waals surface area contributed by atoms with Crippen LogP contribution in [0.25, 0.3) is 0 Å². The van der Waals surface area contributed by atoms with E-state index in [0.29, 0.717) is 12.6 Å². The minimum atomic E-state index is -0.185. The van der Waals surface area contributed by atoms with Crippen molar-refractivity contribution in [2.24, 2.45) is 5.73 Å². The number of hydrogen-bond donors (Lipinski definition) is 1. The van der Waals surface area contributed by atoms with Gasteiger partial charge in [-0.2, -0.15) is 0 Å². The number of rotatable bonds is 3. The van der Waals surface area contributed by atoms with E-state index in [9.17, 15) is 0 Å². The van der Waals surface area contributed by atoms with Crippen LogP contribution in [-0.4, -0.2) is 22.1 Å². The predicted octanol–water partition coefficient (Wildman–Crippen LogP) is 1.91. The summed E-state index contributed by atoms with van der Waals surface area (Å²) in [6.45, 7) is 0.525. The summed E-state index contributed by atoms with van der Waals surface area (Å²) in [7, 11) is 0. The van der Waals surface area contributed by atoms with Gasteiger partial charge in [-0.1, -0.05) is 25.7 Å². The van der Waals surface area contributed by atoms with Crippen molar-refractivity contribution < 1.29 is 4.74 Å². The maximum atomic E-state index is 6.33. The highest BCUT2D eigenvalue weighted by atomic mass is 16.5. The summed E-state index contributed by atoms with van der Waals surface area (Å²) in [6.07, 6.45) is 10.4. The third-order valence-corrected chi connectivity index (χ3v) is 3.13. The van der Waals surface area contributed by atoms with Gasteiger partial charge in [-0.3, -0.25) is 0 Å². The van der Waals surface area contributed by atoms with E-state index in [1.54, 1.807) is 18.5 Å². The normalized spacial score (nSPS) is 20.1. The van der Waals surface area contributed by atoms with Gasteiger partial charge in [-0.05, 0) is 18.9 Å². The maximum absolute atomic E-state index is 6.33. The summed E-state index contributed by atoms with van der Waals surface area (Å²) in [5.41, 5.74) is 6.14. The molecule has 4 nitrogen and oxygen atoms in total. The molecule has 0 bridgehead atoms. The molecule has 0 aromatic carbocycles. The molecule has 1 aromatic heterocycles. The van der Waals surface area contributed by atoms with Gasteiger partial charge >= 0.3 is 6.01 Å². The van der Waals surface area contributed by atoms with Crippen molar-refractivity contribution in [3.05, 3.63) is 18.5 Å². The van der Waals surface area contributed by atoms with Gasteiger partial charge in [0.1, 0.15) is 6.61 Å². The summed E-state index contributed by atoms with van der Waals surface area (Å²) in [5.74, 6) is 0. The number of nitrogens with zero attached hydrogens (tertiary/aromatic N) is 2. The van der Waals surface area contributed by atoms with E-state index >= 15 is 0 Å². The molecule has 0 radical (unpaired) electrons. The first kappa shape index (κ1) is 11.3. The monoisotopic (exact) mass is 221 g/mol. The zero-order valence-corrected chi connectivity index (χ0v) is 9.56. The number of hydrogen-bond acceptors (Lipinski definition) is 4. The molecule has 2 rings (SSSR count). The zero-order chi connectivity index (χ0) is 11.3. The third-order valence-electron chi connectivity index (χ3n) is 3.13. The summed E-state index contributed by atoms with van der Waals surface area (Å²) >= 11 is 0. The van der Waals surface area contributed by atoms with E-state index in [1.807, 2.05) is 0 Å². The van der Waals surface area contributed by atoms with Crippen molar-refractivity contribution in [1.82, 2.24) is 9.97 Å². The standard InChI is InChI=1S/C12H19N3O/c13-12(6-3-1-2-4-7-12)10-16-11-14-8-5-9-15-11/h5,8-9H,1-4,6-7,10,13H2. The van der Waals surface area contributed by atoms with Gasteiger partial charge in [0, 0.05) is 12.4 Å². The average molecular weight is 221 g/mol. The Hall–Kier alpha value is -1.16. The molecule has 1 aliphatic rings. The largest absolute Gasteiger partial charge is 0.462 e. The van der Waals surface area contributed by atoms with Gasteiger partial charge in [0.2, 0.25) is 0 Å². The highest BCUT2D eigenvalue weighted by Gasteiger charge is 2.27. The Balaban J connectivity index is 1.88. The third kappa shape index (κ3) is 3.17. The van der Waals surface area contributed by atoms with Crippen LogP contribution in [0, 0.1) is 0 Å². The molecule has 1 aromatic rings. The summed E-state index contributed by atoms with van der Waals surface area (Å²) in [6, 6.07) is 2.20. The van der Waals surface area contributed by atoms with Crippen molar-refractivity contribution in [2.45, 2.75) is 44.1 Å². The first-order valence-corrected chi connectivity index (χ1v) is 5.97. The van der Waals surface area contributed by atoms with Gasteiger partial charge in [0.05, 0.1) is 5.54 Å². The molecule has 0 unspecified atom stereocenters. The minimum absolute atomic E-state index is 0.185. The van der Waals surface area contributed by atoms with Crippen molar-refractivity contribution in [3.8, 4) is 6.01 Å². The molecule has 0 amide bonds. The highest BCUT2D eigenvalue weighted by molar-refractivity contribution is 4.95. The lowest BCUT2D eigenvalue weighted by molar-refractivity contribution is 0.187. The Morgan fingerprint density at radius 2 is 1.75 bits per heavy atom. The molecule has 1 aliphatic carbocycles. The van der Waals surface area contributed by atoms with Gasteiger partial charge in [-0.25, -0.2) is 9.97 Å². The second-order valence-corrected chi connectivity index (χ2v) is 4.60. The molecule has 1 heterocycles. The van der Waals surface area contributed by atoms with Gasteiger partial charge in [-0.15, -0.1) is 0 Å². The Bertz CT molecular complexity index is 307. The number of nitrogens with two attached hydrogens (primary N) is 1. The van der Waals surface area contributed by atoms with Crippen LogP contribution >= 0.6 is 0 Å². The quantitative estimate of drug-likeness (QED) is 0.792. The molecular formula is C12H19N3O. The zero-order valence-electron chi connectivity index (χ0n) is 9.56. The molecule has 4 heteroatoms. The van der Waals surface area contributed by atoms with Gasteiger partial charge in [0.15, 0.2) is 0 Å². The van der Waals surface area contributed by atoms with Crippen molar-refractivity contribution in [2.75, 3.05) is 6.61 Å². The SMILES string of the molecule is NC1(COc2ncccn2)CCCCCC1. The van der Waals surface area contributed by atoms with Crippen LogP contribution in [0.5, 0.6) is 6.01 Å². The van der Waals surface area contributed by atoms with E-state index in [2.05, 4.69) is 9.97 Å². The second-order valence-electron chi connectivity index (χ2n) is 4.60. The van der Waals surface area contributed by atoms with E-state index in [4.69, 9.17) is 10.5 Å². The summed E-state index contributed by atoms with van der Waals surface area (Å²) < 4.78 is 5.56. The topological polar surface area (TPSA) is 61.0 Å². The average Bonchev–Trinajstić information content (AvgIpc) is 2.54. The molecule has 1 fully saturated rings. The Labute approximate surface area is 96.2 Å². The first-order chi connectivity index (χ1) is 7.79. The van der Waals surface area contributed by atoms with Crippen molar-refractivity contribution in [1.29, 1.82) is 0 Å². The maximum Gasteiger partial charge on any atom is 0.316 e. The lowest BCUT2D eigenvalue weighted by atomic mass is 9.93. The van der Waals surface area contributed by atoms with Crippen LogP contribution in [0.1, 0.15) is 38.5 Å². The molecule has 0 saturated heterocycles. The Morgan fingerprint density at radius 3 is 2.38 bits per heavy atom. The van der Waals surface area contributed by atoms with Crippen molar-refractivity contribution in [3.63, 3.8) is 0 Å². The summed E-state index contributed by atoms with van der Waals surface area (Å²) in [4.78, 5) is 8.06. The fourth-order valence-corrected chi connectivity index (χ4v) is 2.15. The lowest BCUT2D eigenvalue weighted by Crippen LogP contribution is -2.45. The Morgan fingerprint density at radius 1 is 1.12 bits per heavy atom. The first-order valence-electron chi connectivity index (χ1n) is 5.97. The van der Waals surface area contributed by atoms with Gasteiger partial charge < -0.3 is 10.5 Å². The molecule has 2 N–H and O–H groups in total. The van der Waals surface area contributed by atoms with Crippen LogP contribution in [0.15, 0.2) is 18.5 Å². The van der Waals surface area contributed by atoms with Crippen molar-refractivity contribution >= 4 is 0 Å². The Kier molecular flexibility index (Phi) is 3.72. The van der Waals surface area contributed by atoms with Gasteiger partial charge in [0.25, 0.3) is 0 Å². The second kappa shape index (κ2) is 5.25. The molecule has 1 saturated carbocycles. The smallest absolute Gasteiger partial charge is 0.316 e. The highest BCUT2D eigenvalue weighted by Crippen LogP contribution is 2.25. The van der Waals surface area contributed by atoms with Crippen LogP contribution < -0.4 is 10.5 Å². The minimum Gasteiger partial charge on any atom is -0.462 e. The fourth-order valence-electron chi connectivity index (χ4n) is 2.15. The molecular weight excluding hydrogens is 202 g/mol. The van der Waals surface area contributed by atoms with E-state index < -0.39 is 0 Å². The predicted molar refractivity (Wildman–Crippen MR) is 62.1 cm³/mol. The van der Waals surface area contributed by atoms with Crippen LogP contribution in [0.4, 0.5) is 0 Å². The van der Waals surface area contributed by atoms with E-state index in [0.717, 1.165) is 12.8 Å². The summed E-state index contributed by atoms with van der Waals surface area (Å²) in [5, 5.41) is 0. The number of ether oxygens (including phenoxy) is 1.